The van der Waals surface area contributed by atoms with E-state index in [1.165, 1.54) is 11.1 Å². The monoisotopic (exact) mass is 333 g/mol. The first-order chi connectivity index (χ1) is 12.3. The van der Waals surface area contributed by atoms with Crippen LogP contribution in [0.4, 0.5) is 0 Å². The van der Waals surface area contributed by atoms with Crippen LogP contribution in [-0.4, -0.2) is 36.4 Å². The lowest BCUT2D eigenvalue weighted by molar-refractivity contribution is 0.398. The summed E-state index contributed by atoms with van der Waals surface area (Å²) in [7, 11) is 3.34. The predicted octanol–water partition coefficient (Wildman–Crippen LogP) is 3.27. The maximum Gasteiger partial charge on any atom is 0.213 e. The molecule has 2 aliphatic heterocycles. The van der Waals surface area contributed by atoms with Gasteiger partial charge in [0, 0.05) is 47.9 Å². The number of rotatable bonds is 3. The molecule has 25 heavy (non-hydrogen) atoms. The van der Waals surface area contributed by atoms with Crippen molar-refractivity contribution in [2.75, 3.05) is 20.8 Å². The normalized spacial score (nSPS) is 15.5. The second kappa shape index (κ2) is 6.43. The van der Waals surface area contributed by atoms with E-state index in [1.54, 1.807) is 20.4 Å². The number of aromatic nitrogens is 1. The first-order valence-electron chi connectivity index (χ1n) is 8.19. The van der Waals surface area contributed by atoms with Gasteiger partial charge in [0.25, 0.3) is 0 Å². The van der Waals surface area contributed by atoms with Gasteiger partial charge in [-0.05, 0) is 24.6 Å². The lowest BCUT2D eigenvalue weighted by Crippen LogP contribution is -2.25. The van der Waals surface area contributed by atoms with Gasteiger partial charge in [0.1, 0.15) is 5.75 Å². The number of hydrogen-bond donors (Lipinski definition) is 0. The Morgan fingerprint density at radius 3 is 2.88 bits per heavy atom. The first kappa shape index (κ1) is 15.4. The van der Waals surface area contributed by atoms with Gasteiger partial charge in [-0.2, -0.15) is 0 Å². The van der Waals surface area contributed by atoms with Gasteiger partial charge in [-0.3, -0.25) is 4.99 Å². The average Bonchev–Trinajstić information content (AvgIpc) is 2.90. The molecule has 4 rings (SSSR count). The third kappa shape index (κ3) is 2.78. The maximum absolute atomic E-state index is 5.55. The molecule has 1 aromatic carbocycles. The van der Waals surface area contributed by atoms with Crippen LogP contribution in [0.15, 0.2) is 60.0 Å². The fourth-order valence-corrected chi connectivity index (χ4v) is 3.28. The molecule has 0 radical (unpaired) electrons. The van der Waals surface area contributed by atoms with Gasteiger partial charge in [-0.25, -0.2) is 4.98 Å². The second-order valence-corrected chi connectivity index (χ2v) is 5.86. The van der Waals surface area contributed by atoms with E-state index < -0.39 is 0 Å². The number of methoxy groups -OCH3 is 2. The minimum absolute atomic E-state index is 0.578. The number of fused-ring (bicyclic) bond motifs is 3. The highest BCUT2D eigenvalue weighted by molar-refractivity contribution is 6.13. The molecule has 2 aliphatic rings. The second-order valence-electron chi connectivity index (χ2n) is 5.86. The summed E-state index contributed by atoms with van der Waals surface area (Å²) in [6.45, 7) is 0.901. The van der Waals surface area contributed by atoms with Crippen molar-refractivity contribution in [2.45, 2.75) is 6.42 Å². The molecule has 0 fully saturated rings. The molecule has 0 spiro atoms. The van der Waals surface area contributed by atoms with Crippen LogP contribution in [0.1, 0.15) is 16.7 Å². The Balaban J connectivity index is 1.82. The van der Waals surface area contributed by atoms with E-state index in [-0.39, 0.29) is 0 Å². The number of allylic oxidation sites excluding steroid dienone is 1. The van der Waals surface area contributed by atoms with Crippen molar-refractivity contribution >= 4 is 11.4 Å². The number of aliphatic imine (C=N–C) groups is 1. The summed E-state index contributed by atoms with van der Waals surface area (Å²) in [5.74, 6) is 1.52. The molecule has 126 valence electrons. The van der Waals surface area contributed by atoms with Crippen molar-refractivity contribution in [3.63, 3.8) is 0 Å². The standard InChI is InChI=1S/C20H19N3O2/c1-24-19-5-3-4-15-16(19)7-10-23-11-9-21-17(13-18(15)23)14-6-8-22-20(12-14)25-2/h3-6,8-9,11-13H,7,10H2,1-2H3. The fourth-order valence-electron chi connectivity index (χ4n) is 3.28. The van der Waals surface area contributed by atoms with Crippen molar-refractivity contribution in [1.82, 2.24) is 9.88 Å². The molecular weight excluding hydrogens is 314 g/mol. The van der Waals surface area contributed by atoms with Gasteiger partial charge in [0.15, 0.2) is 0 Å². The van der Waals surface area contributed by atoms with Crippen molar-refractivity contribution < 1.29 is 9.47 Å². The van der Waals surface area contributed by atoms with Gasteiger partial charge >= 0.3 is 0 Å². The van der Waals surface area contributed by atoms with Crippen LogP contribution in [0.25, 0.3) is 5.70 Å². The Labute approximate surface area is 146 Å². The molecule has 5 heteroatoms. The van der Waals surface area contributed by atoms with Crippen molar-refractivity contribution in [3.8, 4) is 11.6 Å². The summed E-state index contributed by atoms with van der Waals surface area (Å²) in [6.07, 6.45) is 8.67. The number of nitrogens with zero attached hydrogens (tertiary/aromatic N) is 3. The van der Waals surface area contributed by atoms with E-state index in [4.69, 9.17) is 9.47 Å². The molecule has 0 amide bonds. The molecule has 0 N–H and O–H groups in total. The lowest BCUT2D eigenvalue weighted by atomic mass is 9.94. The summed E-state index contributed by atoms with van der Waals surface area (Å²) in [6, 6.07) is 10.0. The summed E-state index contributed by atoms with van der Waals surface area (Å²) >= 11 is 0. The van der Waals surface area contributed by atoms with Crippen molar-refractivity contribution in [2.24, 2.45) is 4.99 Å². The number of pyridine rings is 1. The third-order valence-electron chi connectivity index (χ3n) is 4.51. The Kier molecular flexibility index (Phi) is 3.98. The fraction of sp³-hybridized carbons (Fsp3) is 0.200. The zero-order valence-corrected chi connectivity index (χ0v) is 14.3. The van der Waals surface area contributed by atoms with E-state index in [0.717, 1.165) is 35.7 Å². The number of ether oxygens (including phenoxy) is 2. The maximum atomic E-state index is 5.55. The number of benzene rings is 1. The van der Waals surface area contributed by atoms with Gasteiger partial charge in [-0.15, -0.1) is 0 Å². The summed E-state index contributed by atoms with van der Waals surface area (Å²) in [5.41, 5.74) is 5.41. The van der Waals surface area contributed by atoms with Crippen LogP contribution in [0.3, 0.4) is 0 Å². The van der Waals surface area contributed by atoms with E-state index in [9.17, 15) is 0 Å². The molecule has 2 aromatic rings. The van der Waals surface area contributed by atoms with Crippen LogP contribution in [-0.2, 0) is 6.42 Å². The molecular formula is C20H19N3O2. The SMILES string of the molecule is COc1cc(C2=NC=CN3CCc4c(OC)cccc4C3=C2)ccn1. The first-order valence-corrected chi connectivity index (χ1v) is 8.19. The zero-order chi connectivity index (χ0) is 17.2. The number of hydrogen-bond acceptors (Lipinski definition) is 5. The summed E-state index contributed by atoms with van der Waals surface area (Å²) < 4.78 is 10.8. The molecule has 5 nitrogen and oxygen atoms in total. The van der Waals surface area contributed by atoms with Crippen LogP contribution < -0.4 is 9.47 Å². The topological polar surface area (TPSA) is 47.0 Å². The quantitative estimate of drug-likeness (QED) is 0.865. The van der Waals surface area contributed by atoms with Gasteiger partial charge in [-0.1, -0.05) is 12.1 Å². The molecule has 0 saturated carbocycles. The zero-order valence-electron chi connectivity index (χ0n) is 14.3. The van der Waals surface area contributed by atoms with Crippen molar-refractivity contribution in [3.05, 3.63) is 71.7 Å². The minimum Gasteiger partial charge on any atom is -0.496 e. The van der Waals surface area contributed by atoms with E-state index >= 15 is 0 Å². The average molecular weight is 333 g/mol. The Morgan fingerprint density at radius 1 is 1.12 bits per heavy atom. The Morgan fingerprint density at radius 2 is 2.04 bits per heavy atom. The van der Waals surface area contributed by atoms with E-state index in [2.05, 4.69) is 27.0 Å². The van der Waals surface area contributed by atoms with Gasteiger partial charge in [0.05, 0.1) is 25.6 Å². The van der Waals surface area contributed by atoms with Gasteiger partial charge < -0.3 is 14.4 Å². The Hall–Kier alpha value is -3.08. The smallest absolute Gasteiger partial charge is 0.213 e. The summed E-state index contributed by atoms with van der Waals surface area (Å²) in [4.78, 5) is 11.0. The van der Waals surface area contributed by atoms with E-state index in [1.807, 2.05) is 36.7 Å². The van der Waals surface area contributed by atoms with Crippen LogP contribution >= 0.6 is 0 Å². The predicted molar refractivity (Wildman–Crippen MR) is 97.8 cm³/mol. The van der Waals surface area contributed by atoms with Crippen LogP contribution in [0, 0.1) is 0 Å². The molecule has 3 heterocycles. The van der Waals surface area contributed by atoms with E-state index in [0.29, 0.717) is 5.88 Å². The molecule has 0 bridgehead atoms. The molecule has 0 aliphatic carbocycles. The Bertz CT molecular complexity index is 900. The highest BCUT2D eigenvalue weighted by Gasteiger charge is 2.24. The molecule has 0 atom stereocenters. The van der Waals surface area contributed by atoms with Gasteiger partial charge in [0.2, 0.25) is 5.88 Å². The highest BCUT2D eigenvalue weighted by Crippen LogP contribution is 2.35. The molecule has 0 saturated heterocycles. The van der Waals surface area contributed by atoms with Crippen LogP contribution in [0.2, 0.25) is 0 Å². The third-order valence-corrected chi connectivity index (χ3v) is 4.51. The highest BCUT2D eigenvalue weighted by atomic mass is 16.5. The van der Waals surface area contributed by atoms with Crippen LogP contribution in [0.5, 0.6) is 11.6 Å². The largest absolute Gasteiger partial charge is 0.496 e. The molecule has 1 aromatic heterocycles. The minimum atomic E-state index is 0.578. The summed E-state index contributed by atoms with van der Waals surface area (Å²) in [5, 5.41) is 0. The lowest BCUT2D eigenvalue weighted by Gasteiger charge is -2.31. The molecule has 0 unspecified atom stereocenters. The van der Waals surface area contributed by atoms with Crippen molar-refractivity contribution in [1.29, 1.82) is 0 Å².